The fraction of sp³-hybridized carbons (Fsp3) is 0.538. The lowest BCUT2D eigenvalue weighted by Gasteiger charge is -2.26. The average molecular weight is 281 g/mol. The Morgan fingerprint density at radius 3 is 2.65 bits per heavy atom. The summed E-state index contributed by atoms with van der Waals surface area (Å²) in [4.78, 5) is 25.3. The Bertz CT molecular complexity index is 427. The molecular formula is C13H19N3O4. The molecule has 1 aromatic rings. The molecule has 0 aromatic carbocycles. The number of rotatable bonds is 5. The molecule has 20 heavy (non-hydrogen) atoms. The number of hydrogen-bond donors (Lipinski definition) is 2. The summed E-state index contributed by atoms with van der Waals surface area (Å²) in [5.74, 6) is -0.660. The highest BCUT2D eigenvalue weighted by molar-refractivity contribution is 6.35. The number of amides is 2. The maximum Gasteiger partial charge on any atom is 0.309 e. The molecule has 0 bridgehead atoms. The van der Waals surface area contributed by atoms with Crippen LogP contribution in [0.25, 0.3) is 0 Å². The van der Waals surface area contributed by atoms with Crippen LogP contribution in [0.1, 0.15) is 5.76 Å². The maximum absolute atomic E-state index is 11.5. The molecule has 2 heterocycles. The Hall–Kier alpha value is -1.86. The first-order valence-corrected chi connectivity index (χ1v) is 6.64. The molecule has 0 aliphatic carbocycles. The summed E-state index contributed by atoms with van der Waals surface area (Å²) < 4.78 is 10.3. The van der Waals surface area contributed by atoms with Crippen LogP contribution >= 0.6 is 0 Å². The highest BCUT2D eigenvalue weighted by Gasteiger charge is 2.14. The molecule has 0 atom stereocenters. The van der Waals surface area contributed by atoms with E-state index in [1.165, 1.54) is 6.26 Å². The van der Waals surface area contributed by atoms with Crippen molar-refractivity contribution in [1.82, 2.24) is 15.5 Å². The number of carbonyl (C=O) groups excluding carboxylic acids is 2. The van der Waals surface area contributed by atoms with Crippen LogP contribution in [0.4, 0.5) is 0 Å². The van der Waals surface area contributed by atoms with E-state index in [2.05, 4.69) is 15.5 Å². The Kier molecular flexibility index (Phi) is 5.57. The largest absolute Gasteiger partial charge is 0.467 e. The van der Waals surface area contributed by atoms with Gasteiger partial charge >= 0.3 is 11.8 Å². The highest BCUT2D eigenvalue weighted by Crippen LogP contribution is 1.98. The smallest absolute Gasteiger partial charge is 0.309 e. The van der Waals surface area contributed by atoms with Crippen LogP contribution in [-0.2, 0) is 20.9 Å². The lowest BCUT2D eigenvalue weighted by atomic mass is 10.4. The molecule has 2 amide bonds. The summed E-state index contributed by atoms with van der Waals surface area (Å²) in [6, 6.07) is 3.46. The molecule has 1 aliphatic heterocycles. The molecule has 7 nitrogen and oxygen atoms in total. The fourth-order valence-corrected chi connectivity index (χ4v) is 1.89. The molecule has 1 fully saturated rings. The minimum atomic E-state index is -0.650. The zero-order chi connectivity index (χ0) is 14.2. The molecule has 7 heteroatoms. The summed E-state index contributed by atoms with van der Waals surface area (Å²) >= 11 is 0. The van der Waals surface area contributed by atoms with E-state index in [4.69, 9.17) is 9.15 Å². The molecule has 0 saturated carbocycles. The summed E-state index contributed by atoms with van der Waals surface area (Å²) in [6.45, 7) is 4.55. The van der Waals surface area contributed by atoms with Crippen LogP contribution in [0.2, 0.25) is 0 Å². The summed E-state index contributed by atoms with van der Waals surface area (Å²) in [5.41, 5.74) is 0. The van der Waals surface area contributed by atoms with Gasteiger partial charge in [-0.3, -0.25) is 14.5 Å². The van der Waals surface area contributed by atoms with Gasteiger partial charge in [0.05, 0.1) is 26.0 Å². The van der Waals surface area contributed by atoms with Crippen molar-refractivity contribution in [3.8, 4) is 0 Å². The highest BCUT2D eigenvalue weighted by atomic mass is 16.5. The zero-order valence-corrected chi connectivity index (χ0v) is 11.3. The van der Waals surface area contributed by atoms with Gasteiger partial charge in [0.2, 0.25) is 0 Å². The Labute approximate surface area is 117 Å². The van der Waals surface area contributed by atoms with Gasteiger partial charge in [-0.1, -0.05) is 0 Å². The summed E-state index contributed by atoms with van der Waals surface area (Å²) in [5, 5.41) is 5.09. The van der Waals surface area contributed by atoms with Crippen molar-refractivity contribution in [3.63, 3.8) is 0 Å². The molecule has 1 aromatic heterocycles. The average Bonchev–Trinajstić information content (AvgIpc) is 2.99. The zero-order valence-electron chi connectivity index (χ0n) is 11.3. The topological polar surface area (TPSA) is 83.8 Å². The van der Waals surface area contributed by atoms with Crippen molar-refractivity contribution < 1.29 is 18.7 Å². The number of ether oxygens (including phenoxy) is 1. The molecule has 0 radical (unpaired) electrons. The van der Waals surface area contributed by atoms with Crippen molar-refractivity contribution in [3.05, 3.63) is 24.2 Å². The molecular weight excluding hydrogens is 262 g/mol. The molecule has 0 spiro atoms. The van der Waals surface area contributed by atoms with Crippen LogP contribution in [0.3, 0.4) is 0 Å². The van der Waals surface area contributed by atoms with Crippen molar-refractivity contribution >= 4 is 11.8 Å². The minimum Gasteiger partial charge on any atom is -0.467 e. The van der Waals surface area contributed by atoms with E-state index in [-0.39, 0.29) is 6.54 Å². The molecule has 0 unspecified atom stereocenters. The van der Waals surface area contributed by atoms with Gasteiger partial charge in [-0.25, -0.2) is 0 Å². The van der Waals surface area contributed by atoms with Crippen molar-refractivity contribution in [1.29, 1.82) is 0 Å². The van der Waals surface area contributed by atoms with E-state index in [1.807, 2.05) is 0 Å². The fourth-order valence-electron chi connectivity index (χ4n) is 1.89. The van der Waals surface area contributed by atoms with Crippen LogP contribution in [0.5, 0.6) is 0 Å². The number of morpholine rings is 1. The number of nitrogens with zero attached hydrogens (tertiary/aromatic N) is 1. The third-order valence-corrected chi connectivity index (χ3v) is 3.03. The van der Waals surface area contributed by atoms with Gasteiger partial charge in [-0.05, 0) is 12.1 Å². The molecule has 1 saturated heterocycles. The molecule has 110 valence electrons. The quantitative estimate of drug-likeness (QED) is 0.700. The molecule has 2 N–H and O–H groups in total. The minimum absolute atomic E-state index is 0.211. The standard InChI is InChI=1S/C13H19N3O4/c17-12(13(18)15-10-11-2-1-7-20-11)14-3-4-16-5-8-19-9-6-16/h1-2,7H,3-6,8-10H2,(H,14,17)(H,15,18). The Balaban J connectivity index is 1.59. The van der Waals surface area contributed by atoms with Crippen molar-refractivity contribution in [2.75, 3.05) is 39.4 Å². The molecule has 1 aliphatic rings. The van der Waals surface area contributed by atoms with E-state index in [9.17, 15) is 9.59 Å². The van der Waals surface area contributed by atoms with E-state index >= 15 is 0 Å². The van der Waals surface area contributed by atoms with Crippen LogP contribution in [0, 0.1) is 0 Å². The second-order valence-electron chi connectivity index (χ2n) is 4.47. The van der Waals surface area contributed by atoms with E-state index in [0.29, 0.717) is 12.3 Å². The monoisotopic (exact) mass is 281 g/mol. The van der Waals surface area contributed by atoms with Gasteiger partial charge in [-0.15, -0.1) is 0 Å². The Morgan fingerprint density at radius 2 is 1.95 bits per heavy atom. The lowest BCUT2D eigenvalue weighted by molar-refractivity contribution is -0.139. The van der Waals surface area contributed by atoms with Crippen molar-refractivity contribution in [2.24, 2.45) is 0 Å². The predicted octanol–water partition coefficient (Wildman–Crippen LogP) is -0.656. The van der Waals surface area contributed by atoms with Gasteiger partial charge in [0.1, 0.15) is 5.76 Å². The second-order valence-corrected chi connectivity index (χ2v) is 4.47. The number of carbonyl (C=O) groups is 2. The molecule has 2 rings (SSSR count). The van der Waals surface area contributed by atoms with Crippen LogP contribution in [0.15, 0.2) is 22.8 Å². The maximum atomic E-state index is 11.5. The van der Waals surface area contributed by atoms with Gasteiger partial charge in [0, 0.05) is 26.2 Å². The van der Waals surface area contributed by atoms with E-state index in [1.54, 1.807) is 12.1 Å². The third-order valence-electron chi connectivity index (χ3n) is 3.03. The predicted molar refractivity (Wildman–Crippen MR) is 70.8 cm³/mol. The lowest BCUT2D eigenvalue weighted by Crippen LogP contribution is -2.44. The first kappa shape index (κ1) is 14.5. The van der Waals surface area contributed by atoms with Crippen LogP contribution < -0.4 is 10.6 Å². The summed E-state index contributed by atoms with van der Waals surface area (Å²) in [6.07, 6.45) is 1.52. The number of furan rings is 1. The van der Waals surface area contributed by atoms with E-state index in [0.717, 1.165) is 32.8 Å². The van der Waals surface area contributed by atoms with Crippen LogP contribution in [-0.4, -0.2) is 56.1 Å². The third kappa shape index (κ3) is 4.67. The van der Waals surface area contributed by atoms with Gasteiger partial charge in [0.15, 0.2) is 0 Å². The Morgan fingerprint density at radius 1 is 1.20 bits per heavy atom. The summed E-state index contributed by atoms with van der Waals surface area (Å²) in [7, 11) is 0. The first-order valence-electron chi connectivity index (χ1n) is 6.64. The van der Waals surface area contributed by atoms with Crippen molar-refractivity contribution in [2.45, 2.75) is 6.54 Å². The van der Waals surface area contributed by atoms with Gasteiger partial charge in [0.25, 0.3) is 0 Å². The van der Waals surface area contributed by atoms with Gasteiger partial charge < -0.3 is 19.8 Å². The van der Waals surface area contributed by atoms with Gasteiger partial charge in [-0.2, -0.15) is 0 Å². The normalized spacial score (nSPS) is 15.8. The second kappa shape index (κ2) is 7.66. The van der Waals surface area contributed by atoms with E-state index < -0.39 is 11.8 Å². The SMILES string of the molecule is O=C(NCCN1CCOCC1)C(=O)NCc1ccco1. The number of nitrogens with one attached hydrogen (secondary N) is 2. The first-order chi connectivity index (χ1) is 9.75. The number of hydrogen-bond acceptors (Lipinski definition) is 5.